The lowest BCUT2D eigenvalue weighted by Gasteiger charge is -2.28. The summed E-state index contributed by atoms with van der Waals surface area (Å²) in [6.45, 7) is 0. The van der Waals surface area contributed by atoms with Crippen molar-refractivity contribution in [1.82, 2.24) is 10.6 Å². The molecule has 0 atom stereocenters. The molecule has 5 nitrogen and oxygen atoms in total. The van der Waals surface area contributed by atoms with Gasteiger partial charge in [-0.3, -0.25) is 20.2 Å². The molecule has 5 heteroatoms. The molecule has 1 fully saturated rings. The zero-order valence-corrected chi connectivity index (χ0v) is 11.7. The van der Waals surface area contributed by atoms with Crippen molar-refractivity contribution in [2.45, 2.75) is 5.92 Å². The summed E-state index contributed by atoms with van der Waals surface area (Å²) in [5, 5.41) is 4.34. The van der Waals surface area contributed by atoms with Gasteiger partial charge < -0.3 is 0 Å². The predicted octanol–water partition coefficient (Wildman–Crippen LogP) is 1.80. The van der Waals surface area contributed by atoms with Crippen LogP contribution in [0, 0.1) is 5.92 Å². The summed E-state index contributed by atoms with van der Waals surface area (Å²) < 4.78 is 0. The second-order valence-corrected chi connectivity index (χ2v) is 5.08. The van der Waals surface area contributed by atoms with E-state index in [-0.39, 0.29) is 0 Å². The summed E-state index contributed by atoms with van der Waals surface area (Å²) in [7, 11) is 0. The van der Waals surface area contributed by atoms with Crippen LogP contribution >= 0.6 is 0 Å². The van der Waals surface area contributed by atoms with Gasteiger partial charge in [-0.05, 0) is 11.1 Å². The summed E-state index contributed by atoms with van der Waals surface area (Å²) in [6, 6.07) is 17.9. The van der Waals surface area contributed by atoms with Crippen LogP contribution in [0.3, 0.4) is 0 Å². The molecule has 0 unspecified atom stereocenters. The molecule has 0 aliphatic carbocycles. The van der Waals surface area contributed by atoms with Crippen LogP contribution in [-0.2, 0) is 9.59 Å². The molecule has 1 heterocycles. The third-order valence-corrected chi connectivity index (χ3v) is 3.69. The maximum Gasteiger partial charge on any atom is 0.328 e. The van der Waals surface area contributed by atoms with Gasteiger partial charge in [-0.15, -0.1) is 0 Å². The smallest absolute Gasteiger partial charge is 0.277 e. The average Bonchev–Trinajstić information content (AvgIpc) is 2.52. The van der Waals surface area contributed by atoms with E-state index in [1.807, 2.05) is 60.7 Å². The van der Waals surface area contributed by atoms with E-state index in [1.54, 1.807) is 0 Å². The molecule has 4 amide bonds. The highest BCUT2D eigenvalue weighted by Crippen LogP contribution is 2.33. The van der Waals surface area contributed by atoms with E-state index in [4.69, 9.17) is 0 Å². The van der Waals surface area contributed by atoms with Gasteiger partial charge in [-0.25, -0.2) is 4.79 Å². The second kappa shape index (κ2) is 5.81. The number of benzene rings is 2. The van der Waals surface area contributed by atoms with E-state index in [2.05, 4.69) is 10.6 Å². The van der Waals surface area contributed by atoms with Crippen LogP contribution in [0.15, 0.2) is 60.7 Å². The quantitative estimate of drug-likeness (QED) is 0.848. The Hall–Kier alpha value is -2.95. The van der Waals surface area contributed by atoms with Crippen LogP contribution in [0.25, 0.3) is 0 Å². The zero-order valence-electron chi connectivity index (χ0n) is 11.7. The second-order valence-electron chi connectivity index (χ2n) is 5.08. The minimum atomic E-state index is -0.984. The number of barbiturate groups is 1. The number of urea groups is 1. The lowest BCUT2D eigenvalue weighted by molar-refractivity contribution is -0.136. The van der Waals surface area contributed by atoms with Crippen LogP contribution in [0.2, 0.25) is 0 Å². The van der Waals surface area contributed by atoms with Gasteiger partial charge in [0.15, 0.2) is 0 Å². The van der Waals surface area contributed by atoms with Gasteiger partial charge in [0.25, 0.3) is 0 Å². The maximum absolute atomic E-state index is 12.2. The number of hydrogen-bond acceptors (Lipinski definition) is 3. The van der Waals surface area contributed by atoms with Crippen molar-refractivity contribution in [3.05, 3.63) is 71.8 Å². The number of carbonyl (C=O) groups is 3. The molecule has 22 heavy (non-hydrogen) atoms. The third kappa shape index (κ3) is 2.61. The van der Waals surface area contributed by atoms with Crippen molar-refractivity contribution in [2.24, 2.45) is 5.92 Å². The van der Waals surface area contributed by atoms with Crippen LogP contribution < -0.4 is 10.6 Å². The Morgan fingerprint density at radius 2 is 1.09 bits per heavy atom. The summed E-state index contributed by atoms with van der Waals surface area (Å²) in [5.74, 6) is -2.59. The van der Waals surface area contributed by atoms with E-state index in [9.17, 15) is 14.4 Å². The van der Waals surface area contributed by atoms with E-state index < -0.39 is 29.7 Å². The molecule has 0 aromatic heterocycles. The molecule has 0 radical (unpaired) electrons. The number of imide groups is 2. The number of amides is 4. The molecule has 1 aliphatic heterocycles. The fourth-order valence-corrected chi connectivity index (χ4v) is 2.73. The Balaban J connectivity index is 2.08. The summed E-state index contributed by atoms with van der Waals surface area (Å²) in [4.78, 5) is 35.7. The van der Waals surface area contributed by atoms with Crippen LogP contribution in [0.1, 0.15) is 17.0 Å². The van der Waals surface area contributed by atoms with Crippen molar-refractivity contribution < 1.29 is 14.4 Å². The highest BCUT2D eigenvalue weighted by molar-refractivity contribution is 6.16. The van der Waals surface area contributed by atoms with Gasteiger partial charge in [0.05, 0.1) is 0 Å². The van der Waals surface area contributed by atoms with Crippen molar-refractivity contribution in [2.75, 3.05) is 0 Å². The third-order valence-electron chi connectivity index (χ3n) is 3.69. The number of nitrogens with one attached hydrogen (secondary N) is 2. The number of rotatable bonds is 3. The standard InChI is InChI=1S/C17H14N2O3/c20-15-14(16(21)19-17(22)18-15)13(11-7-3-1-4-8-11)12-9-5-2-6-10-12/h1-10,13-14H,(H2,18,19,20,21,22). The summed E-state index contributed by atoms with van der Waals surface area (Å²) in [6.07, 6.45) is 0. The largest absolute Gasteiger partial charge is 0.328 e. The molecule has 0 bridgehead atoms. The first-order valence-electron chi connectivity index (χ1n) is 6.92. The number of carbonyl (C=O) groups excluding carboxylic acids is 3. The lowest BCUT2D eigenvalue weighted by atomic mass is 9.79. The molecule has 0 saturated carbocycles. The van der Waals surface area contributed by atoms with E-state index in [0.29, 0.717) is 0 Å². The lowest BCUT2D eigenvalue weighted by Crippen LogP contribution is -2.57. The monoisotopic (exact) mass is 294 g/mol. The first-order valence-corrected chi connectivity index (χ1v) is 6.92. The molecule has 3 rings (SSSR count). The Morgan fingerprint density at radius 3 is 1.50 bits per heavy atom. The van der Waals surface area contributed by atoms with Crippen LogP contribution in [0.5, 0.6) is 0 Å². The van der Waals surface area contributed by atoms with Crippen LogP contribution in [0.4, 0.5) is 4.79 Å². The van der Waals surface area contributed by atoms with Gasteiger partial charge in [-0.2, -0.15) is 0 Å². The zero-order chi connectivity index (χ0) is 15.5. The van der Waals surface area contributed by atoms with E-state index in [0.717, 1.165) is 11.1 Å². The molecule has 2 aromatic carbocycles. The molecule has 1 aliphatic rings. The molecule has 2 N–H and O–H groups in total. The SMILES string of the molecule is O=C1NC(=O)C(C(c2ccccc2)c2ccccc2)C(=O)N1. The Bertz CT molecular complexity index is 654. The fraction of sp³-hybridized carbons (Fsp3) is 0.118. The molecule has 2 aromatic rings. The minimum Gasteiger partial charge on any atom is -0.277 e. The average molecular weight is 294 g/mol. The topological polar surface area (TPSA) is 75.3 Å². The molecule has 1 saturated heterocycles. The van der Waals surface area contributed by atoms with Gasteiger partial charge in [0.1, 0.15) is 5.92 Å². The molecular formula is C17H14N2O3. The van der Waals surface area contributed by atoms with E-state index >= 15 is 0 Å². The Morgan fingerprint density at radius 1 is 0.682 bits per heavy atom. The maximum atomic E-state index is 12.2. The van der Waals surface area contributed by atoms with Gasteiger partial charge in [0, 0.05) is 5.92 Å². The van der Waals surface area contributed by atoms with Crippen molar-refractivity contribution >= 4 is 17.8 Å². The van der Waals surface area contributed by atoms with Crippen molar-refractivity contribution in [1.29, 1.82) is 0 Å². The van der Waals surface area contributed by atoms with Gasteiger partial charge in [-0.1, -0.05) is 60.7 Å². The Kier molecular flexibility index (Phi) is 3.70. The Labute approximate surface area is 127 Å². The van der Waals surface area contributed by atoms with Gasteiger partial charge >= 0.3 is 6.03 Å². The first-order chi connectivity index (χ1) is 10.7. The molecule has 110 valence electrons. The van der Waals surface area contributed by atoms with Crippen molar-refractivity contribution in [3.63, 3.8) is 0 Å². The van der Waals surface area contributed by atoms with Crippen LogP contribution in [-0.4, -0.2) is 17.8 Å². The molecular weight excluding hydrogens is 280 g/mol. The van der Waals surface area contributed by atoms with Crippen molar-refractivity contribution in [3.8, 4) is 0 Å². The highest BCUT2D eigenvalue weighted by Gasteiger charge is 2.41. The predicted molar refractivity (Wildman–Crippen MR) is 79.9 cm³/mol. The minimum absolute atomic E-state index is 0.449. The van der Waals surface area contributed by atoms with E-state index in [1.165, 1.54) is 0 Å². The normalized spacial score (nSPS) is 15.6. The fourth-order valence-electron chi connectivity index (χ4n) is 2.73. The highest BCUT2D eigenvalue weighted by atomic mass is 16.2. The first kappa shape index (κ1) is 14.0. The summed E-state index contributed by atoms with van der Waals surface area (Å²) in [5.41, 5.74) is 1.69. The number of hydrogen-bond donors (Lipinski definition) is 2. The molecule has 0 spiro atoms. The summed E-state index contributed by atoms with van der Waals surface area (Å²) >= 11 is 0. The van der Waals surface area contributed by atoms with Gasteiger partial charge in [0.2, 0.25) is 11.8 Å².